The molecule has 0 fully saturated rings. The summed E-state index contributed by atoms with van der Waals surface area (Å²) in [7, 11) is -3.90. The summed E-state index contributed by atoms with van der Waals surface area (Å²) in [6.45, 7) is 3.39. The van der Waals surface area contributed by atoms with E-state index in [1.165, 1.54) is 48.5 Å². The van der Waals surface area contributed by atoms with Gasteiger partial charge in [-0.2, -0.15) is 5.10 Å². The van der Waals surface area contributed by atoms with Crippen molar-refractivity contribution in [2.24, 2.45) is 0 Å². The number of H-pyrrole nitrogens is 1. The second-order valence-corrected chi connectivity index (χ2v) is 9.25. The number of halogens is 1. The van der Waals surface area contributed by atoms with E-state index < -0.39 is 15.9 Å². The lowest BCUT2D eigenvalue weighted by atomic mass is 10.1. The molecule has 4 N–H and O–H groups in total. The molecule has 0 aliphatic rings. The number of nitrogens with zero attached hydrogens (tertiary/aromatic N) is 2. The number of phenolic OH excluding ortho intramolecular Hbond substituents is 1. The molecule has 0 saturated carbocycles. The molecule has 0 saturated heterocycles. The van der Waals surface area contributed by atoms with Gasteiger partial charge in [-0.25, -0.2) is 13.1 Å². The van der Waals surface area contributed by atoms with Gasteiger partial charge in [-0.3, -0.25) is 9.89 Å². The molecule has 0 spiro atoms. The second-order valence-electron chi connectivity index (χ2n) is 7.13. The van der Waals surface area contributed by atoms with Crippen molar-refractivity contribution in [1.82, 2.24) is 15.4 Å². The highest BCUT2D eigenvalue weighted by molar-refractivity contribution is 7.92. The Bertz CT molecular complexity index is 1440. The van der Waals surface area contributed by atoms with Crippen LogP contribution >= 0.6 is 11.6 Å². The van der Waals surface area contributed by atoms with Gasteiger partial charge >= 0.3 is 0 Å². The molecule has 12 heteroatoms. The SMILES string of the molecule is Cc1noc(NS(=O)(=O)c2ccc(NC(=O)c3cc(-c4cc(Cl)ccc4O)n[nH]3)cc2)c1C. The van der Waals surface area contributed by atoms with Crippen LogP contribution in [0.4, 0.5) is 11.6 Å². The minimum Gasteiger partial charge on any atom is -0.507 e. The van der Waals surface area contributed by atoms with E-state index in [0.717, 1.165) is 0 Å². The Kier molecular flexibility index (Phi) is 5.83. The van der Waals surface area contributed by atoms with Crippen molar-refractivity contribution in [1.29, 1.82) is 0 Å². The molecule has 0 aliphatic heterocycles. The summed E-state index contributed by atoms with van der Waals surface area (Å²) in [6.07, 6.45) is 0. The van der Waals surface area contributed by atoms with E-state index in [1.807, 2.05) is 0 Å². The number of carbonyl (C=O) groups is 1. The van der Waals surface area contributed by atoms with Crippen LogP contribution in [0.3, 0.4) is 0 Å². The number of hydrogen-bond donors (Lipinski definition) is 4. The first-order chi connectivity index (χ1) is 15.6. The number of phenols is 1. The standard InChI is InChI=1S/C21H18ClN5O5S/c1-11-12(2)26-32-21(11)27-33(30,31)15-6-4-14(5-7-15)23-20(29)18-10-17(24-25-18)16-9-13(22)3-8-19(16)28/h3-10,27-28H,1-2H3,(H,23,29)(H,24,25). The molecule has 10 nitrogen and oxygen atoms in total. The van der Waals surface area contributed by atoms with Gasteiger partial charge in [-0.1, -0.05) is 16.8 Å². The average molecular weight is 488 g/mol. The van der Waals surface area contributed by atoms with Gasteiger partial charge in [-0.05, 0) is 62.4 Å². The first-order valence-electron chi connectivity index (χ1n) is 9.55. The Hall–Kier alpha value is -3.83. The number of nitrogens with one attached hydrogen (secondary N) is 3. The Labute approximate surface area is 193 Å². The average Bonchev–Trinajstić information content (AvgIpc) is 3.39. The zero-order valence-electron chi connectivity index (χ0n) is 17.4. The molecule has 2 aromatic carbocycles. The number of sulfonamides is 1. The number of anilines is 2. The normalized spacial score (nSPS) is 11.4. The smallest absolute Gasteiger partial charge is 0.273 e. The molecule has 0 unspecified atom stereocenters. The molecule has 170 valence electrons. The van der Waals surface area contributed by atoms with Crippen molar-refractivity contribution in [2.45, 2.75) is 18.7 Å². The van der Waals surface area contributed by atoms with Crippen LogP contribution in [-0.2, 0) is 10.0 Å². The van der Waals surface area contributed by atoms with Crippen LogP contribution in [0.25, 0.3) is 11.3 Å². The van der Waals surface area contributed by atoms with E-state index >= 15 is 0 Å². The largest absolute Gasteiger partial charge is 0.507 e. The van der Waals surface area contributed by atoms with Gasteiger partial charge in [-0.15, -0.1) is 0 Å². The summed E-state index contributed by atoms with van der Waals surface area (Å²) < 4.78 is 32.5. The molecule has 1 amide bonds. The van der Waals surface area contributed by atoms with Crippen LogP contribution in [0, 0.1) is 13.8 Å². The maximum atomic E-state index is 12.6. The predicted octanol–water partition coefficient (Wildman–Crippen LogP) is 4.09. The molecule has 2 aromatic heterocycles. The van der Waals surface area contributed by atoms with Gasteiger partial charge in [0.2, 0.25) is 5.88 Å². The van der Waals surface area contributed by atoms with E-state index in [9.17, 15) is 18.3 Å². The minimum absolute atomic E-state index is 0.0192. The molecular weight excluding hydrogens is 470 g/mol. The zero-order valence-corrected chi connectivity index (χ0v) is 19.0. The Balaban J connectivity index is 1.47. The maximum absolute atomic E-state index is 12.6. The Morgan fingerprint density at radius 1 is 1.12 bits per heavy atom. The molecule has 4 rings (SSSR count). The quantitative estimate of drug-likeness (QED) is 0.319. The van der Waals surface area contributed by atoms with Crippen LogP contribution in [0.5, 0.6) is 5.75 Å². The number of aromatic nitrogens is 3. The van der Waals surface area contributed by atoms with Crippen molar-refractivity contribution in [3.63, 3.8) is 0 Å². The highest BCUT2D eigenvalue weighted by Crippen LogP contribution is 2.31. The number of rotatable bonds is 6. The molecule has 4 aromatic rings. The summed E-state index contributed by atoms with van der Waals surface area (Å²) >= 11 is 5.96. The first-order valence-corrected chi connectivity index (χ1v) is 11.4. The number of aromatic hydroxyl groups is 1. The van der Waals surface area contributed by atoms with E-state index in [-0.39, 0.29) is 22.2 Å². The fourth-order valence-corrected chi connectivity index (χ4v) is 4.12. The molecule has 0 atom stereocenters. The third kappa shape index (κ3) is 4.69. The van der Waals surface area contributed by atoms with Gasteiger partial charge in [0.05, 0.1) is 16.3 Å². The van der Waals surface area contributed by atoms with Gasteiger partial charge in [0, 0.05) is 21.8 Å². The number of aryl methyl sites for hydroxylation is 1. The third-order valence-corrected chi connectivity index (χ3v) is 6.45. The lowest BCUT2D eigenvalue weighted by Gasteiger charge is -2.08. The fourth-order valence-electron chi connectivity index (χ4n) is 2.90. The van der Waals surface area contributed by atoms with Gasteiger partial charge in [0.15, 0.2) is 0 Å². The first kappa shape index (κ1) is 22.4. The van der Waals surface area contributed by atoms with Crippen LogP contribution in [0.1, 0.15) is 21.7 Å². The van der Waals surface area contributed by atoms with Crippen LogP contribution < -0.4 is 10.0 Å². The summed E-state index contributed by atoms with van der Waals surface area (Å²) in [6, 6.07) is 11.6. The number of benzene rings is 2. The summed E-state index contributed by atoms with van der Waals surface area (Å²) in [5, 5.41) is 23.4. The van der Waals surface area contributed by atoms with Crippen LogP contribution in [0.15, 0.2) is 57.9 Å². The highest BCUT2D eigenvalue weighted by Gasteiger charge is 2.20. The van der Waals surface area contributed by atoms with Gasteiger partial charge < -0.3 is 14.9 Å². The number of carbonyl (C=O) groups excluding carboxylic acids is 1. The van der Waals surface area contributed by atoms with Crippen molar-refractivity contribution in [3.05, 3.63) is 70.5 Å². The van der Waals surface area contributed by atoms with Crippen molar-refractivity contribution >= 4 is 39.1 Å². The lowest BCUT2D eigenvalue weighted by Crippen LogP contribution is -2.14. The highest BCUT2D eigenvalue weighted by atomic mass is 35.5. The maximum Gasteiger partial charge on any atom is 0.273 e. The van der Waals surface area contributed by atoms with Crippen molar-refractivity contribution in [3.8, 4) is 17.0 Å². The van der Waals surface area contributed by atoms with Crippen LogP contribution in [0.2, 0.25) is 5.02 Å². The van der Waals surface area contributed by atoms with E-state index in [4.69, 9.17) is 16.1 Å². The Morgan fingerprint density at radius 2 is 1.85 bits per heavy atom. The molecule has 0 bridgehead atoms. The lowest BCUT2D eigenvalue weighted by molar-refractivity contribution is 0.102. The molecule has 2 heterocycles. The molecule has 0 aliphatic carbocycles. The number of amides is 1. The second kappa shape index (κ2) is 8.60. The predicted molar refractivity (Wildman–Crippen MR) is 122 cm³/mol. The third-order valence-electron chi connectivity index (χ3n) is 4.86. The van der Waals surface area contributed by atoms with E-state index in [1.54, 1.807) is 13.8 Å². The summed E-state index contributed by atoms with van der Waals surface area (Å²) in [5.74, 6) is -0.485. The van der Waals surface area contributed by atoms with Crippen molar-refractivity contribution in [2.75, 3.05) is 10.0 Å². The van der Waals surface area contributed by atoms with Crippen molar-refractivity contribution < 1.29 is 22.8 Å². The van der Waals surface area contributed by atoms with Gasteiger partial charge in [0.1, 0.15) is 11.4 Å². The monoisotopic (exact) mass is 487 g/mol. The van der Waals surface area contributed by atoms with E-state index in [2.05, 4.69) is 25.4 Å². The summed E-state index contributed by atoms with van der Waals surface area (Å²) in [4.78, 5) is 12.5. The molecule has 0 radical (unpaired) electrons. The minimum atomic E-state index is -3.90. The van der Waals surface area contributed by atoms with Crippen LogP contribution in [-0.4, -0.2) is 34.8 Å². The van der Waals surface area contributed by atoms with E-state index in [0.29, 0.717) is 33.2 Å². The molecular formula is C21H18ClN5O5S. The van der Waals surface area contributed by atoms with Gasteiger partial charge in [0.25, 0.3) is 15.9 Å². The zero-order chi connectivity index (χ0) is 23.8. The number of hydrogen-bond acceptors (Lipinski definition) is 7. The topological polar surface area (TPSA) is 150 Å². The fraction of sp³-hybridized carbons (Fsp3) is 0.0952. The molecule has 33 heavy (non-hydrogen) atoms. The number of aromatic amines is 1. The summed E-state index contributed by atoms with van der Waals surface area (Å²) in [5.41, 5.74) is 2.39. The Morgan fingerprint density at radius 3 is 2.52 bits per heavy atom.